The molecule has 200 valence electrons. The molecule has 1 amide bonds. The number of hydrogen-bond donors (Lipinski definition) is 0. The Kier molecular flexibility index (Phi) is 8.10. The van der Waals surface area contributed by atoms with E-state index in [0.717, 1.165) is 60.3 Å². The summed E-state index contributed by atoms with van der Waals surface area (Å²) in [6, 6.07) is 8.43. The number of likely N-dealkylation sites (tertiary alicyclic amines) is 1. The summed E-state index contributed by atoms with van der Waals surface area (Å²) in [6.45, 7) is 15.7. The van der Waals surface area contributed by atoms with Gasteiger partial charge in [0.2, 0.25) is 5.91 Å². The highest BCUT2D eigenvalue weighted by atomic mass is 16.6. The first kappa shape index (κ1) is 27.3. The second-order valence-electron chi connectivity index (χ2n) is 11.6. The van der Waals surface area contributed by atoms with Gasteiger partial charge in [-0.1, -0.05) is 29.8 Å². The second-order valence-corrected chi connectivity index (χ2v) is 11.6. The molecule has 0 N–H and O–H groups in total. The molecule has 2 aliphatic rings. The molecule has 2 heterocycles. The van der Waals surface area contributed by atoms with Crippen molar-refractivity contribution in [2.45, 2.75) is 85.6 Å². The zero-order valence-electron chi connectivity index (χ0n) is 23.6. The van der Waals surface area contributed by atoms with Gasteiger partial charge in [-0.05, 0) is 94.2 Å². The van der Waals surface area contributed by atoms with Crippen molar-refractivity contribution >= 4 is 11.9 Å². The Hall–Kier alpha value is -2.70. The van der Waals surface area contributed by atoms with Gasteiger partial charge in [-0.25, -0.2) is 4.79 Å². The minimum atomic E-state index is -0.852. The Morgan fingerprint density at radius 2 is 1.51 bits per heavy atom. The van der Waals surface area contributed by atoms with Gasteiger partial charge in [0.1, 0.15) is 0 Å². The van der Waals surface area contributed by atoms with E-state index >= 15 is 0 Å². The van der Waals surface area contributed by atoms with Crippen LogP contribution in [0.15, 0.2) is 24.3 Å². The topological polar surface area (TPSA) is 59.1 Å². The predicted octanol–water partition coefficient (Wildman–Crippen LogP) is 5.64. The van der Waals surface area contributed by atoms with Crippen LogP contribution in [0.5, 0.6) is 0 Å². The number of hydrogen-bond acceptors (Lipinski definition) is 5. The number of nitrogens with zero attached hydrogens (tertiary/aromatic N) is 2. The van der Waals surface area contributed by atoms with E-state index in [1.165, 1.54) is 30.2 Å². The molecule has 0 saturated carbocycles. The van der Waals surface area contributed by atoms with Crippen molar-refractivity contribution in [3.05, 3.63) is 57.6 Å². The van der Waals surface area contributed by atoms with Crippen molar-refractivity contribution in [2.75, 3.05) is 26.7 Å². The van der Waals surface area contributed by atoms with Crippen molar-refractivity contribution in [1.82, 2.24) is 9.80 Å². The van der Waals surface area contributed by atoms with Gasteiger partial charge in [0, 0.05) is 31.7 Å². The third-order valence-corrected chi connectivity index (χ3v) is 7.64. The highest BCUT2D eigenvalue weighted by Crippen LogP contribution is 2.43. The van der Waals surface area contributed by atoms with E-state index in [4.69, 9.17) is 9.47 Å². The third-order valence-electron chi connectivity index (χ3n) is 7.64. The number of fused-ring (bicyclic) bond motifs is 1. The monoisotopic (exact) mass is 506 g/mol. The molecule has 1 fully saturated rings. The molecule has 0 aromatic heterocycles. The van der Waals surface area contributed by atoms with Gasteiger partial charge in [0.15, 0.2) is 6.10 Å². The Balaban J connectivity index is 1.79. The second kappa shape index (κ2) is 11.0. The van der Waals surface area contributed by atoms with Crippen LogP contribution in [0, 0.1) is 20.8 Å². The van der Waals surface area contributed by atoms with Crippen LogP contribution in [0.25, 0.3) is 11.1 Å². The van der Waals surface area contributed by atoms with E-state index in [0.29, 0.717) is 13.1 Å². The molecule has 0 aliphatic carbocycles. The van der Waals surface area contributed by atoms with Crippen molar-refractivity contribution in [1.29, 1.82) is 0 Å². The van der Waals surface area contributed by atoms with Gasteiger partial charge in [-0.2, -0.15) is 0 Å². The smallest absolute Gasteiger partial charge is 0.339 e. The fourth-order valence-corrected chi connectivity index (χ4v) is 5.74. The number of aryl methyl sites for hydroxylation is 1. The van der Waals surface area contributed by atoms with Gasteiger partial charge in [-0.3, -0.25) is 9.69 Å². The molecular weight excluding hydrogens is 464 g/mol. The van der Waals surface area contributed by atoms with Gasteiger partial charge >= 0.3 is 5.97 Å². The number of ether oxygens (including phenoxy) is 2. The molecular formula is C31H42N2O4. The average Bonchev–Trinajstić information content (AvgIpc) is 3.29. The number of piperidine rings is 1. The normalized spacial score (nSPS) is 17.0. The Morgan fingerprint density at radius 3 is 2.08 bits per heavy atom. The van der Waals surface area contributed by atoms with Crippen LogP contribution >= 0.6 is 0 Å². The largest absolute Gasteiger partial charge is 0.467 e. The summed E-state index contributed by atoms with van der Waals surface area (Å²) < 4.78 is 11.6. The minimum absolute atomic E-state index is 0.213. The number of benzene rings is 2. The lowest BCUT2D eigenvalue weighted by Gasteiger charge is -2.30. The number of esters is 1. The predicted molar refractivity (Wildman–Crippen MR) is 146 cm³/mol. The number of carbonyl (C=O) groups excluding carboxylic acids is 2. The molecule has 2 aliphatic heterocycles. The summed E-state index contributed by atoms with van der Waals surface area (Å²) in [5, 5.41) is 0. The first-order valence-electron chi connectivity index (χ1n) is 13.5. The van der Waals surface area contributed by atoms with E-state index < -0.39 is 17.7 Å². The van der Waals surface area contributed by atoms with Gasteiger partial charge in [-0.15, -0.1) is 0 Å². The fourth-order valence-electron chi connectivity index (χ4n) is 5.74. The quantitative estimate of drug-likeness (QED) is 0.475. The molecule has 0 radical (unpaired) electrons. The Bertz CT molecular complexity index is 1160. The van der Waals surface area contributed by atoms with Crippen molar-refractivity contribution in [3.8, 4) is 11.1 Å². The number of amides is 1. The highest BCUT2D eigenvalue weighted by Gasteiger charge is 2.36. The molecule has 1 saturated heterocycles. The zero-order chi connectivity index (χ0) is 26.9. The standard InChI is InChI=1S/C31H42N2O4/c1-20-11-13-23(14-12-20)27-21(2)24-17-32(19-26(34)33-15-9-8-10-16-33)18-25(24)22(3)28(27)29(30(35)36-7)37-31(4,5)6/h11-14,29H,8-10,15-19H2,1-7H3/t29-/m0/s1. The van der Waals surface area contributed by atoms with Crippen LogP contribution in [-0.2, 0) is 32.2 Å². The van der Waals surface area contributed by atoms with Crippen molar-refractivity contribution < 1.29 is 19.1 Å². The zero-order valence-corrected chi connectivity index (χ0v) is 23.6. The van der Waals surface area contributed by atoms with Crippen molar-refractivity contribution in [2.24, 2.45) is 0 Å². The maximum atomic E-state index is 13.2. The van der Waals surface area contributed by atoms with Crippen LogP contribution in [-0.4, -0.2) is 54.0 Å². The van der Waals surface area contributed by atoms with Crippen LogP contribution < -0.4 is 0 Å². The molecule has 0 unspecified atom stereocenters. The Morgan fingerprint density at radius 1 is 0.919 bits per heavy atom. The fraction of sp³-hybridized carbons (Fsp3) is 0.548. The van der Waals surface area contributed by atoms with E-state index in [1.807, 2.05) is 25.7 Å². The summed E-state index contributed by atoms with van der Waals surface area (Å²) >= 11 is 0. The summed E-state index contributed by atoms with van der Waals surface area (Å²) in [7, 11) is 1.41. The molecule has 6 heteroatoms. The summed E-state index contributed by atoms with van der Waals surface area (Å²) in [5.74, 6) is -0.189. The van der Waals surface area contributed by atoms with E-state index in [9.17, 15) is 9.59 Å². The molecule has 6 nitrogen and oxygen atoms in total. The van der Waals surface area contributed by atoms with Gasteiger partial charge < -0.3 is 14.4 Å². The summed E-state index contributed by atoms with van der Waals surface area (Å²) in [4.78, 5) is 30.5. The van der Waals surface area contributed by atoms with Crippen LogP contribution in [0.3, 0.4) is 0 Å². The molecule has 4 rings (SSSR count). The van der Waals surface area contributed by atoms with Crippen molar-refractivity contribution in [3.63, 3.8) is 0 Å². The lowest BCUT2D eigenvalue weighted by molar-refractivity contribution is -0.164. The maximum Gasteiger partial charge on any atom is 0.339 e. The van der Waals surface area contributed by atoms with E-state index in [2.05, 4.69) is 49.9 Å². The van der Waals surface area contributed by atoms with Crippen LogP contribution in [0.1, 0.15) is 79.5 Å². The molecule has 2 aromatic rings. The van der Waals surface area contributed by atoms with E-state index in [1.54, 1.807) is 0 Å². The van der Waals surface area contributed by atoms with Crippen LogP contribution in [0.4, 0.5) is 0 Å². The van der Waals surface area contributed by atoms with Crippen LogP contribution in [0.2, 0.25) is 0 Å². The molecule has 2 aromatic carbocycles. The van der Waals surface area contributed by atoms with Gasteiger partial charge in [0.05, 0.1) is 19.3 Å². The minimum Gasteiger partial charge on any atom is -0.467 e. The molecule has 0 spiro atoms. The molecule has 1 atom stereocenters. The van der Waals surface area contributed by atoms with Gasteiger partial charge in [0.25, 0.3) is 0 Å². The molecule has 0 bridgehead atoms. The summed E-state index contributed by atoms with van der Waals surface area (Å²) in [6.07, 6.45) is 2.54. The van der Waals surface area contributed by atoms with E-state index in [-0.39, 0.29) is 5.91 Å². The lowest BCUT2D eigenvalue weighted by atomic mass is 9.83. The maximum absolute atomic E-state index is 13.2. The summed E-state index contributed by atoms with van der Waals surface area (Å²) in [5.41, 5.74) is 8.21. The third kappa shape index (κ3) is 5.91. The molecule has 37 heavy (non-hydrogen) atoms. The highest BCUT2D eigenvalue weighted by molar-refractivity contribution is 5.85. The lowest BCUT2D eigenvalue weighted by Crippen LogP contribution is -2.41. The number of rotatable bonds is 6. The number of methoxy groups -OCH3 is 1. The first-order valence-corrected chi connectivity index (χ1v) is 13.5. The SMILES string of the molecule is COC(=O)[C@@H](OC(C)(C)C)c1c(C)c2c(c(C)c1-c1ccc(C)cc1)CN(CC(=O)N1CCCCC1)C2. The Labute approximate surface area is 221 Å². The first-order chi connectivity index (χ1) is 17.5. The number of carbonyl (C=O) groups is 2. The average molecular weight is 507 g/mol.